The van der Waals surface area contributed by atoms with Crippen molar-refractivity contribution in [2.24, 2.45) is 0 Å². The molecule has 0 bridgehead atoms. The third-order valence-corrected chi connectivity index (χ3v) is 7.84. The average Bonchev–Trinajstić information content (AvgIpc) is 3.52. The summed E-state index contributed by atoms with van der Waals surface area (Å²) in [5.74, 6) is 2.17. The third kappa shape index (κ3) is 5.27. The fourth-order valence-electron chi connectivity index (χ4n) is 5.01. The van der Waals surface area contributed by atoms with Crippen LogP contribution in [0.2, 0.25) is 0 Å². The molecule has 9 nitrogen and oxygen atoms in total. The molecule has 2 aromatic carbocycles. The lowest BCUT2D eigenvalue weighted by molar-refractivity contribution is 0.0907. The van der Waals surface area contributed by atoms with Crippen LogP contribution >= 0.6 is 11.8 Å². The van der Waals surface area contributed by atoms with E-state index in [4.69, 9.17) is 4.98 Å². The number of rotatable bonds is 7. The molecule has 10 heteroatoms. The van der Waals surface area contributed by atoms with Crippen molar-refractivity contribution in [3.05, 3.63) is 82.9 Å². The Morgan fingerprint density at radius 2 is 1.84 bits per heavy atom. The summed E-state index contributed by atoms with van der Waals surface area (Å²) in [5.41, 5.74) is 5.66. The number of likely N-dealkylation sites (tertiary alicyclic amines) is 1. The van der Waals surface area contributed by atoms with Gasteiger partial charge in [0.15, 0.2) is 0 Å². The number of hydrogen-bond acceptors (Lipinski definition) is 7. The number of para-hydroxylation sites is 2. The molecule has 0 unspecified atom stereocenters. The van der Waals surface area contributed by atoms with Gasteiger partial charge in [-0.3, -0.25) is 9.69 Å². The number of aromatic amines is 1. The lowest BCUT2D eigenvalue weighted by atomic mass is 10.0. The number of carbonyl (C=O) groups excluding carboxylic acids is 1. The number of H-pyrrole nitrogens is 1. The van der Waals surface area contributed by atoms with Gasteiger partial charge in [-0.05, 0) is 56.5 Å². The molecule has 0 radical (unpaired) electrons. The molecule has 1 amide bonds. The largest absolute Gasteiger partial charge is 0.349 e. The van der Waals surface area contributed by atoms with Gasteiger partial charge < -0.3 is 10.3 Å². The Labute approximate surface area is 225 Å². The van der Waals surface area contributed by atoms with Crippen LogP contribution < -0.4 is 5.32 Å². The highest BCUT2D eigenvalue weighted by Gasteiger charge is 2.23. The lowest BCUT2D eigenvalue weighted by Gasteiger charge is -2.31. The van der Waals surface area contributed by atoms with Gasteiger partial charge in [-0.2, -0.15) is 4.98 Å². The molecule has 2 N–H and O–H groups in total. The van der Waals surface area contributed by atoms with Crippen LogP contribution in [0, 0.1) is 13.8 Å². The number of thioether (sulfide) groups is 1. The Balaban J connectivity index is 1.05. The highest BCUT2D eigenvalue weighted by molar-refractivity contribution is 7.98. The van der Waals surface area contributed by atoms with Gasteiger partial charge in [-0.1, -0.05) is 42.1 Å². The minimum atomic E-state index is -0.0203. The molecule has 6 rings (SSSR count). The first-order valence-corrected chi connectivity index (χ1v) is 13.9. The molecule has 1 saturated heterocycles. The van der Waals surface area contributed by atoms with Gasteiger partial charge in [0.1, 0.15) is 5.82 Å². The molecular formula is C28H30N8OS. The fraction of sp³-hybridized carbons (Fsp3) is 0.321. The normalized spacial score (nSPS) is 14.9. The van der Waals surface area contributed by atoms with Crippen LogP contribution in [0.3, 0.4) is 0 Å². The molecule has 38 heavy (non-hydrogen) atoms. The van der Waals surface area contributed by atoms with Crippen LogP contribution in [0.4, 0.5) is 0 Å². The molecular weight excluding hydrogens is 496 g/mol. The summed E-state index contributed by atoms with van der Waals surface area (Å²) >= 11 is 1.52. The van der Waals surface area contributed by atoms with Crippen molar-refractivity contribution in [3.63, 3.8) is 0 Å². The number of aromatic nitrogens is 6. The third-order valence-electron chi connectivity index (χ3n) is 6.95. The molecule has 1 aliphatic heterocycles. The van der Waals surface area contributed by atoms with Crippen LogP contribution in [0.5, 0.6) is 0 Å². The van der Waals surface area contributed by atoms with Crippen LogP contribution in [-0.4, -0.2) is 59.5 Å². The summed E-state index contributed by atoms with van der Waals surface area (Å²) in [6, 6.07) is 18.0. The topological polar surface area (TPSA) is 104 Å². The van der Waals surface area contributed by atoms with Crippen LogP contribution in [0.15, 0.2) is 59.8 Å². The Bertz CT molecular complexity index is 1570. The second kappa shape index (κ2) is 10.5. The van der Waals surface area contributed by atoms with Gasteiger partial charge in [0, 0.05) is 41.8 Å². The number of imidazole rings is 1. The van der Waals surface area contributed by atoms with Crippen molar-refractivity contribution in [1.29, 1.82) is 0 Å². The minimum absolute atomic E-state index is 0.0203. The number of amides is 1. The number of benzene rings is 2. The Kier molecular flexibility index (Phi) is 6.82. The molecule has 1 fully saturated rings. The molecule has 5 aromatic rings. The summed E-state index contributed by atoms with van der Waals surface area (Å²) in [7, 11) is 0. The van der Waals surface area contributed by atoms with Crippen LogP contribution in [0.25, 0.3) is 16.8 Å². The van der Waals surface area contributed by atoms with E-state index in [0.717, 1.165) is 66.3 Å². The van der Waals surface area contributed by atoms with E-state index in [1.807, 2.05) is 62.4 Å². The molecule has 0 aliphatic carbocycles. The average molecular weight is 527 g/mol. The summed E-state index contributed by atoms with van der Waals surface area (Å²) in [4.78, 5) is 32.8. The maximum Gasteiger partial charge on any atom is 0.253 e. The Morgan fingerprint density at radius 3 is 2.68 bits per heavy atom. The number of nitrogens with zero attached hydrogens (tertiary/aromatic N) is 6. The zero-order chi connectivity index (χ0) is 26.1. The molecule has 3 aromatic heterocycles. The van der Waals surface area contributed by atoms with E-state index < -0.39 is 0 Å². The number of carbonyl (C=O) groups is 1. The molecule has 194 valence electrons. The maximum atomic E-state index is 13.2. The highest BCUT2D eigenvalue weighted by Crippen LogP contribution is 2.23. The number of nitrogens with one attached hydrogen (secondary N) is 2. The number of piperidine rings is 1. The van der Waals surface area contributed by atoms with Gasteiger partial charge in [-0.25, -0.2) is 14.5 Å². The van der Waals surface area contributed by atoms with Crippen molar-refractivity contribution in [1.82, 2.24) is 39.8 Å². The minimum Gasteiger partial charge on any atom is -0.349 e. The van der Waals surface area contributed by atoms with Gasteiger partial charge in [0.25, 0.3) is 11.7 Å². The molecule has 0 spiro atoms. The van der Waals surface area contributed by atoms with E-state index in [1.54, 1.807) is 4.52 Å². The second-order valence-electron chi connectivity index (χ2n) is 9.82. The van der Waals surface area contributed by atoms with Crippen LogP contribution in [-0.2, 0) is 12.3 Å². The monoisotopic (exact) mass is 526 g/mol. The van der Waals surface area contributed by atoms with E-state index in [0.29, 0.717) is 22.3 Å². The summed E-state index contributed by atoms with van der Waals surface area (Å²) in [6.07, 6.45) is 1.83. The predicted octanol–water partition coefficient (Wildman–Crippen LogP) is 4.30. The van der Waals surface area contributed by atoms with Gasteiger partial charge in [0.2, 0.25) is 5.16 Å². The summed E-state index contributed by atoms with van der Waals surface area (Å²) in [5, 5.41) is 8.50. The van der Waals surface area contributed by atoms with Crippen molar-refractivity contribution < 1.29 is 4.79 Å². The van der Waals surface area contributed by atoms with E-state index in [-0.39, 0.29) is 11.9 Å². The zero-order valence-corrected chi connectivity index (χ0v) is 22.3. The van der Waals surface area contributed by atoms with Gasteiger partial charge in [0.05, 0.1) is 17.6 Å². The molecule has 4 heterocycles. The quantitative estimate of drug-likeness (QED) is 0.305. The standard InChI is InChI=1S/C28H30N8OS/c1-18-15-19(2)36-27(29-18)33-28(34-36)38-17-20-7-3-4-8-22(20)26(37)30-21-11-13-35(14-12-21)16-25-31-23-9-5-6-10-24(23)32-25/h3-10,15,21H,11-14,16-17H2,1-2H3,(H,30,37)(H,31,32). The smallest absolute Gasteiger partial charge is 0.253 e. The van der Waals surface area contributed by atoms with E-state index in [2.05, 4.69) is 36.3 Å². The van der Waals surface area contributed by atoms with Crippen molar-refractivity contribution in [2.75, 3.05) is 13.1 Å². The van der Waals surface area contributed by atoms with Gasteiger partial charge in [-0.15, -0.1) is 5.10 Å². The molecule has 0 atom stereocenters. The SMILES string of the molecule is Cc1cc(C)n2nc(SCc3ccccc3C(=O)NC3CCN(Cc4nc5ccccc5[nH]4)CC3)nc2n1. The number of aryl methyl sites for hydroxylation is 2. The summed E-state index contributed by atoms with van der Waals surface area (Å²) < 4.78 is 1.76. The van der Waals surface area contributed by atoms with Gasteiger partial charge >= 0.3 is 0 Å². The fourth-order valence-corrected chi connectivity index (χ4v) is 5.83. The second-order valence-corrected chi connectivity index (χ2v) is 10.8. The number of hydrogen-bond donors (Lipinski definition) is 2. The summed E-state index contributed by atoms with van der Waals surface area (Å²) in [6.45, 7) is 6.58. The first-order chi connectivity index (χ1) is 18.5. The molecule has 1 aliphatic rings. The van der Waals surface area contributed by atoms with E-state index >= 15 is 0 Å². The first-order valence-electron chi connectivity index (χ1n) is 12.9. The zero-order valence-electron chi connectivity index (χ0n) is 21.5. The van der Waals surface area contributed by atoms with Crippen molar-refractivity contribution >= 4 is 34.5 Å². The number of fused-ring (bicyclic) bond motifs is 2. The van der Waals surface area contributed by atoms with E-state index in [9.17, 15) is 4.79 Å². The first kappa shape index (κ1) is 24.6. The van der Waals surface area contributed by atoms with Crippen molar-refractivity contribution in [3.8, 4) is 0 Å². The van der Waals surface area contributed by atoms with E-state index in [1.165, 1.54) is 11.8 Å². The molecule has 0 saturated carbocycles. The lowest BCUT2D eigenvalue weighted by Crippen LogP contribution is -2.44. The predicted molar refractivity (Wildman–Crippen MR) is 148 cm³/mol. The highest BCUT2D eigenvalue weighted by atomic mass is 32.2. The van der Waals surface area contributed by atoms with Crippen molar-refractivity contribution in [2.45, 2.75) is 50.2 Å². The van der Waals surface area contributed by atoms with Crippen LogP contribution in [0.1, 0.15) is 46.0 Å². The maximum absolute atomic E-state index is 13.2. The Morgan fingerprint density at radius 1 is 1.05 bits per heavy atom. The Hall–Kier alpha value is -3.76.